The highest BCUT2D eigenvalue weighted by molar-refractivity contribution is 5.85. The molecule has 0 bridgehead atoms. The van der Waals surface area contributed by atoms with E-state index in [1.165, 1.54) is 0 Å². The minimum atomic E-state index is -4.11. The lowest BCUT2D eigenvalue weighted by atomic mass is 9.72. The molecular weight excluding hydrogens is 277 g/mol. The normalized spacial score (nSPS) is 27.0. The third-order valence-electron chi connectivity index (χ3n) is 4.56. The first-order chi connectivity index (χ1) is 9.90. The van der Waals surface area contributed by atoms with Crippen molar-refractivity contribution >= 4 is 10.8 Å². The number of halogens is 3. The maximum absolute atomic E-state index is 12.8. The second-order valence-corrected chi connectivity index (χ2v) is 5.87. The van der Waals surface area contributed by atoms with E-state index in [9.17, 15) is 13.2 Å². The molecule has 0 spiro atoms. The smallest absolute Gasteiger partial charge is 0.321 e. The number of alkyl halides is 3. The Morgan fingerprint density at radius 3 is 2.52 bits per heavy atom. The lowest BCUT2D eigenvalue weighted by Crippen LogP contribution is -2.43. The number of pyridine rings is 1. The van der Waals surface area contributed by atoms with Crippen molar-refractivity contribution in [3.63, 3.8) is 0 Å². The number of nitrogens with zero attached hydrogens (tertiary/aromatic N) is 1. The highest BCUT2D eigenvalue weighted by Crippen LogP contribution is 2.45. The summed E-state index contributed by atoms with van der Waals surface area (Å²) in [5, 5.41) is 1.96. The Kier molecular flexibility index (Phi) is 3.40. The van der Waals surface area contributed by atoms with Crippen molar-refractivity contribution in [2.75, 3.05) is 0 Å². The van der Waals surface area contributed by atoms with Crippen LogP contribution in [0.3, 0.4) is 0 Å². The Hall–Kier alpha value is -1.62. The molecule has 0 radical (unpaired) electrons. The van der Waals surface area contributed by atoms with Crippen molar-refractivity contribution in [2.45, 2.75) is 37.4 Å². The fourth-order valence-electron chi connectivity index (χ4n) is 3.28. The number of nitrogens with two attached hydrogens (primary N) is 1. The standard InChI is InChI=1S/C16H17F3N2/c17-16(18,19)12-4-7-15(20,8-5-12)14-3-1-2-11-6-9-21-10-13(11)14/h1-3,6,9-10,12H,4-5,7-8,20H2. The third kappa shape index (κ3) is 2.62. The predicted molar refractivity (Wildman–Crippen MR) is 75.6 cm³/mol. The first-order valence-corrected chi connectivity index (χ1v) is 7.09. The number of aromatic nitrogens is 1. The van der Waals surface area contributed by atoms with Gasteiger partial charge in [-0.25, -0.2) is 0 Å². The zero-order valence-corrected chi connectivity index (χ0v) is 11.5. The van der Waals surface area contributed by atoms with Crippen LogP contribution in [-0.4, -0.2) is 11.2 Å². The molecule has 0 saturated heterocycles. The molecule has 1 aromatic carbocycles. The SMILES string of the molecule is NC1(c2cccc3ccncc23)CCC(C(F)(F)F)CC1. The Morgan fingerprint density at radius 1 is 1.14 bits per heavy atom. The molecule has 2 aromatic rings. The molecule has 0 atom stereocenters. The van der Waals surface area contributed by atoms with E-state index in [2.05, 4.69) is 4.98 Å². The summed E-state index contributed by atoms with van der Waals surface area (Å²) < 4.78 is 38.4. The van der Waals surface area contributed by atoms with Crippen LogP contribution in [0.4, 0.5) is 13.2 Å². The largest absolute Gasteiger partial charge is 0.391 e. The van der Waals surface area contributed by atoms with Gasteiger partial charge in [-0.1, -0.05) is 18.2 Å². The van der Waals surface area contributed by atoms with Crippen molar-refractivity contribution in [1.82, 2.24) is 4.98 Å². The van der Waals surface area contributed by atoms with Crippen LogP contribution >= 0.6 is 0 Å². The Labute approximate surface area is 121 Å². The second kappa shape index (κ2) is 4.98. The predicted octanol–water partition coefficient (Wildman–Crippen LogP) is 4.14. The summed E-state index contributed by atoms with van der Waals surface area (Å²) in [5.41, 5.74) is 6.68. The molecular formula is C16H17F3N2. The minimum absolute atomic E-state index is 0.0939. The average molecular weight is 294 g/mol. The maximum Gasteiger partial charge on any atom is 0.391 e. The molecule has 1 fully saturated rings. The van der Waals surface area contributed by atoms with Gasteiger partial charge in [0.1, 0.15) is 0 Å². The molecule has 21 heavy (non-hydrogen) atoms. The van der Waals surface area contributed by atoms with Crippen molar-refractivity contribution in [3.05, 3.63) is 42.2 Å². The van der Waals surface area contributed by atoms with Gasteiger partial charge in [0.2, 0.25) is 0 Å². The summed E-state index contributed by atoms with van der Waals surface area (Å²) in [4.78, 5) is 4.12. The van der Waals surface area contributed by atoms with Crippen LogP contribution in [0.15, 0.2) is 36.7 Å². The van der Waals surface area contributed by atoms with Crippen LogP contribution in [0.1, 0.15) is 31.2 Å². The molecule has 1 aliphatic carbocycles. The lowest BCUT2D eigenvalue weighted by Gasteiger charge is -2.38. The van der Waals surface area contributed by atoms with Gasteiger partial charge < -0.3 is 5.73 Å². The van der Waals surface area contributed by atoms with E-state index < -0.39 is 17.6 Å². The van der Waals surface area contributed by atoms with Gasteiger partial charge in [-0.05, 0) is 42.7 Å². The van der Waals surface area contributed by atoms with Gasteiger partial charge in [-0.3, -0.25) is 4.98 Å². The Bertz CT molecular complexity index is 638. The first-order valence-electron chi connectivity index (χ1n) is 7.09. The van der Waals surface area contributed by atoms with Gasteiger partial charge in [0.05, 0.1) is 5.92 Å². The summed E-state index contributed by atoms with van der Waals surface area (Å²) in [5.74, 6) is -1.22. The highest BCUT2D eigenvalue weighted by Gasteiger charge is 2.45. The summed E-state index contributed by atoms with van der Waals surface area (Å²) in [7, 11) is 0. The Morgan fingerprint density at radius 2 is 1.86 bits per heavy atom. The van der Waals surface area contributed by atoms with Crippen LogP contribution in [0.5, 0.6) is 0 Å². The molecule has 1 saturated carbocycles. The molecule has 5 heteroatoms. The van der Waals surface area contributed by atoms with Crippen LogP contribution < -0.4 is 5.73 Å². The van der Waals surface area contributed by atoms with Gasteiger partial charge in [0, 0.05) is 23.3 Å². The van der Waals surface area contributed by atoms with Crippen LogP contribution in [-0.2, 0) is 5.54 Å². The van der Waals surface area contributed by atoms with E-state index >= 15 is 0 Å². The molecule has 1 aliphatic rings. The van der Waals surface area contributed by atoms with E-state index in [4.69, 9.17) is 5.73 Å². The van der Waals surface area contributed by atoms with E-state index in [0.29, 0.717) is 12.8 Å². The number of hydrogen-bond donors (Lipinski definition) is 1. The molecule has 2 nitrogen and oxygen atoms in total. The monoisotopic (exact) mass is 294 g/mol. The van der Waals surface area contributed by atoms with Crippen LogP contribution in [0.2, 0.25) is 0 Å². The first kappa shape index (κ1) is 14.3. The summed E-state index contributed by atoms with van der Waals surface area (Å²) >= 11 is 0. The molecule has 0 aliphatic heterocycles. The lowest BCUT2D eigenvalue weighted by molar-refractivity contribution is -0.184. The molecule has 0 amide bonds. The van der Waals surface area contributed by atoms with Crippen molar-refractivity contribution < 1.29 is 13.2 Å². The number of rotatable bonds is 1. The zero-order valence-electron chi connectivity index (χ0n) is 11.5. The minimum Gasteiger partial charge on any atom is -0.321 e. The topological polar surface area (TPSA) is 38.9 Å². The zero-order chi connectivity index (χ0) is 15.1. The van der Waals surface area contributed by atoms with Gasteiger partial charge in [-0.15, -0.1) is 0 Å². The number of fused-ring (bicyclic) bond motifs is 1. The molecule has 2 N–H and O–H groups in total. The van der Waals surface area contributed by atoms with Gasteiger partial charge >= 0.3 is 6.18 Å². The van der Waals surface area contributed by atoms with Gasteiger partial charge in [0.15, 0.2) is 0 Å². The molecule has 1 aromatic heterocycles. The van der Waals surface area contributed by atoms with Crippen molar-refractivity contribution in [2.24, 2.45) is 11.7 Å². The fraction of sp³-hybridized carbons (Fsp3) is 0.438. The molecule has 3 rings (SSSR count). The van der Waals surface area contributed by atoms with E-state index in [0.717, 1.165) is 16.3 Å². The summed E-state index contributed by atoms with van der Waals surface area (Å²) in [6, 6.07) is 7.68. The Balaban J connectivity index is 1.93. The van der Waals surface area contributed by atoms with E-state index in [1.54, 1.807) is 12.4 Å². The highest BCUT2D eigenvalue weighted by atomic mass is 19.4. The quantitative estimate of drug-likeness (QED) is 0.858. The summed E-state index contributed by atoms with van der Waals surface area (Å²) in [6.07, 6.45) is 0.232. The van der Waals surface area contributed by atoms with E-state index in [1.807, 2.05) is 24.3 Å². The number of hydrogen-bond acceptors (Lipinski definition) is 2. The average Bonchev–Trinajstić information content (AvgIpc) is 2.46. The molecule has 0 unspecified atom stereocenters. The van der Waals surface area contributed by atoms with E-state index in [-0.39, 0.29) is 12.8 Å². The summed E-state index contributed by atoms with van der Waals surface area (Å²) in [6.45, 7) is 0. The fourth-order valence-corrected chi connectivity index (χ4v) is 3.28. The second-order valence-electron chi connectivity index (χ2n) is 5.87. The third-order valence-corrected chi connectivity index (χ3v) is 4.56. The number of benzene rings is 1. The van der Waals surface area contributed by atoms with Gasteiger partial charge in [-0.2, -0.15) is 13.2 Å². The van der Waals surface area contributed by atoms with Gasteiger partial charge in [0.25, 0.3) is 0 Å². The van der Waals surface area contributed by atoms with Crippen LogP contribution in [0, 0.1) is 5.92 Å². The molecule has 1 heterocycles. The molecule has 112 valence electrons. The van der Waals surface area contributed by atoms with Crippen molar-refractivity contribution in [3.8, 4) is 0 Å². The maximum atomic E-state index is 12.8. The van der Waals surface area contributed by atoms with Crippen LogP contribution in [0.25, 0.3) is 10.8 Å². The van der Waals surface area contributed by atoms with Crippen molar-refractivity contribution in [1.29, 1.82) is 0 Å².